The maximum Gasteiger partial charge on any atom is 0.236 e. The van der Waals surface area contributed by atoms with Gasteiger partial charge in [-0.2, -0.15) is 0 Å². The lowest BCUT2D eigenvalue weighted by Gasteiger charge is -2.18. The van der Waals surface area contributed by atoms with E-state index in [1.165, 1.54) is 14.7 Å². The number of nitrogens with one attached hydrogen (secondary N) is 3. The van der Waals surface area contributed by atoms with E-state index in [2.05, 4.69) is 52.3 Å². The second kappa shape index (κ2) is 36.4. The number of hydrogen-bond donors (Lipinski definition) is 3. The van der Waals surface area contributed by atoms with Gasteiger partial charge in [0.2, 0.25) is 35.4 Å². The van der Waals surface area contributed by atoms with Crippen molar-refractivity contribution in [2.45, 2.75) is 116 Å². The molecule has 480 valence electrons. The van der Waals surface area contributed by atoms with Gasteiger partial charge in [-0.1, -0.05) is 93.1 Å². The van der Waals surface area contributed by atoms with E-state index in [9.17, 15) is 28.8 Å². The van der Waals surface area contributed by atoms with Gasteiger partial charge in [-0.25, -0.2) is 0 Å². The fourth-order valence-electron chi connectivity index (χ4n) is 10.7. The lowest BCUT2D eigenvalue weighted by molar-refractivity contribution is -0.129. The molecule has 6 aromatic carbocycles. The first-order valence-corrected chi connectivity index (χ1v) is 31.5. The number of ether oxygens (including phenoxy) is 6. The molecular formula is C72H90N6O12. The molecule has 6 aromatic rings. The average Bonchev–Trinajstić information content (AvgIpc) is 2.08. The van der Waals surface area contributed by atoms with E-state index >= 15 is 0 Å². The molecule has 0 aromatic heterocycles. The van der Waals surface area contributed by atoms with Crippen LogP contribution in [0.3, 0.4) is 0 Å². The van der Waals surface area contributed by atoms with E-state index in [1.54, 1.807) is 42.5 Å². The normalized spacial score (nSPS) is 11.4. The molecule has 0 unspecified atom stereocenters. The molecule has 6 amide bonds. The summed E-state index contributed by atoms with van der Waals surface area (Å²) in [5.41, 5.74) is 8.65. The number of para-hydroxylation sites is 3. The summed E-state index contributed by atoms with van der Waals surface area (Å²) >= 11 is 0. The highest BCUT2D eigenvalue weighted by Gasteiger charge is 2.24. The Bertz CT molecular complexity index is 2950. The second-order valence-electron chi connectivity index (χ2n) is 22.6. The number of anilines is 3. The Morgan fingerprint density at radius 3 is 0.811 bits per heavy atom. The van der Waals surface area contributed by atoms with Gasteiger partial charge in [0.15, 0.2) is 34.5 Å². The molecule has 0 bridgehead atoms. The Balaban J connectivity index is 0.961. The number of nitrogens with zero attached hydrogens (tertiary/aromatic N) is 3. The van der Waals surface area contributed by atoms with Crippen LogP contribution in [0.15, 0.2) is 127 Å². The van der Waals surface area contributed by atoms with Crippen LogP contribution in [-0.4, -0.2) is 117 Å². The van der Waals surface area contributed by atoms with Gasteiger partial charge in [0.1, 0.15) is 19.3 Å². The Morgan fingerprint density at radius 1 is 0.333 bits per heavy atom. The lowest BCUT2D eigenvalue weighted by atomic mass is 9.94. The first-order valence-electron chi connectivity index (χ1n) is 31.5. The first-order chi connectivity index (χ1) is 43.7. The molecule has 0 aliphatic heterocycles. The van der Waals surface area contributed by atoms with Gasteiger partial charge < -0.3 is 59.1 Å². The van der Waals surface area contributed by atoms with Gasteiger partial charge in [0.25, 0.3) is 0 Å². The third-order valence-corrected chi connectivity index (χ3v) is 16.0. The van der Waals surface area contributed by atoms with Crippen LogP contribution in [0.2, 0.25) is 0 Å². The highest BCUT2D eigenvalue weighted by Crippen LogP contribution is 2.41. The summed E-state index contributed by atoms with van der Waals surface area (Å²) in [6, 6.07) is 40.3. The van der Waals surface area contributed by atoms with Crippen LogP contribution in [-0.2, 0) is 48.0 Å². The maximum absolute atomic E-state index is 12.7. The van der Waals surface area contributed by atoms with Crippen LogP contribution in [0.1, 0.15) is 130 Å². The van der Waals surface area contributed by atoms with E-state index in [0.717, 1.165) is 127 Å². The summed E-state index contributed by atoms with van der Waals surface area (Å²) in [5, 5.41) is 8.67. The summed E-state index contributed by atoms with van der Waals surface area (Å²) in [7, 11) is 9.98. The number of amides is 6. The molecule has 90 heavy (non-hydrogen) atoms. The van der Waals surface area contributed by atoms with Gasteiger partial charge in [0.05, 0.1) is 41.2 Å². The van der Waals surface area contributed by atoms with E-state index < -0.39 is 0 Å². The van der Waals surface area contributed by atoms with E-state index in [4.69, 9.17) is 28.4 Å². The number of carbonyl (C=O) groups excluding carboxylic acids is 6. The minimum Gasteiger partial charge on any atom is -0.493 e. The fraction of sp³-hybridized carbons (Fsp3) is 0.417. The second-order valence-corrected chi connectivity index (χ2v) is 22.6. The summed E-state index contributed by atoms with van der Waals surface area (Å²) in [6.45, 7) is 2.86. The molecule has 7 rings (SSSR count). The van der Waals surface area contributed by atoms with Crippen LogP contribution < -0.4 is 59.1 Å². The predicted octanol–water partition coefficient (Wildman–Crippen LogP) is 11.1. The lowest BCUT2D eigenvalue weighted by Crippen LogP contribution is -2.33. The SMILES string of the molecule is COc1cc2c(cc1OCCCCCCNC(=O)CC(=O)N(C)c1ccccc1)Cc1cc(OC)c(OCCCCCCNC(=O)CC(=O)N(C)c3ccccc3)cc1Cc1cc(OC)c(OCCCCCCNC(=O)CC(=O)N(C)c3ccccc3)cc1C2. The van der Waals surface area contributed by atoms with Crippen LogP contribution in [0, 0.1) is 0 Å². The van der Waals surface area contributed by atoms with Crippen molar-refractivity contribution in [3.8, 4) is 34.5 Å². The molecule has 0 heterocycles. The zero-order chi connectivity index (χ0) is 64.0. The van der Waals surface area contributed by atoms with Crippen LogP contribution in [0.25, 0.3) is 0 Å². The number of methoxy groups -OCH3 is 3. The molecule has 0 spiro atoms. The quantitative estimate of drug-likeness (QED) is 0.0248. The predicted molar refractivity (Wildman–Crippen MR) is 352 cm³/mol. The number of benzene rings is 6. The topological polar surface area (TPSA) is 204 Å². The molecule has 0 saturated heterocycles. The summed E-state index contributed by atoms with van der Waals surface area (Å²) in [6.07, 6.45) is 11.1. The average molecular weight is 1230 g/mol. The number of unbranched alkanes of at least 4 members (excludes halogenated alkanes) is 9. The van der Waals surface area contributed by atoms with E-state index in [0.29, 0.717) is 93.2 Å². The number of fused-ring (bicyclic) bond motifs is 3. The van der Waals surface area contributed by atoms with Crippen molar-refractivity contribution >= 4 is 52.5 Å². The smallest absolute Gasteiger partial charge is 0.236 e. The Morgan fingerprint density at radius 2 is 0.567 bits per heavy atom. The van der Waals surface area contributed by atoms with Crippen LogP contribution >= 0.6 is 0 Å². The van der Waals surface area contributed by atoms with Crippen molar-refractivity contribution in [1.29, 1.82) is 0 Å². The highest BCUT2D eigenvalue weighted by atomic mass is 16.5. The summed E-state index contributed by atoms with van der Waals surface area (Å²) in [4.78, 5) is 80.3. The number of carbonyl (C=O) groups is 6. The standard InChI is InChI=1S/C72H90N6O12/c1-76(58-28-16-13-17-29-58)70(82)49-67(79)73-34-22-7-10-25-37-88-64-46-55-40-53-44-62(86-5)66(90-39-27-12-9-24-36-75-69(81)51-72(84)78(3)60-32-20-15-21-33-60)48-57(53)42-54-45-63(87-6)65(47-56(54)41-52(55)43-61(64)85-4)89-38-26-11-8-23-35-74-68(80)50-71(83)77(2)59-30-18-14-19-31-59/h13-21,28-33,43-48H,7-12,22-27,34-42,49-51H2,1-6H3,(H,73,79)(H,74,80)(H,75,81). The number of rotatable bonds is 36. The molecule has 3 N–H and O–H groups in total. The zero-order valence-corrected chi connectivity index (χ0v) is 53.3. The third-order valence-electron chi connectivity index (χ3n) is 16.0. The molecule has 18 nitrogen and oxygen atoms in total. The molecule has 0 fully saturated rings. The van der Waals surface area contributed by atoms with Crippen molar-refractivity contribution < 1.29 is 57.2 Å². The Kier molecular flexibility index (Phi) is 27.7. The van der Waals surface area contributed by atoms with Crippen molar-refractivity contribution in [1.82, 2.24) is 16.0 Å². The largest absolute Gasteiger partial charge is 0.493 e. The maximum atomic E-state index is 12.7. The first kappa shape index (κ1) is 68.4. The molecule has 18 heteroatoms. The van der Waals surface area contributed by atoms with Gasteiger partial charge in [0, 0.05) is 57.8 Å². The van der Waals surface area contributed by atoms with Crippen molar-refractivity contribution in [3.05, 3.63) is 161 Å². The van der Waals surface area contributed by atoms with E-state index in [1.807, 2.05) is 91.0 Å². The van der Waals surface area contributed by atoms with Gasteiger partial charge in [-0.3, -0.25) is 28.8 Å². The molecular weight excluding hydrogens is 1140 g/mol. The Hall–Kier alpha value is -9.06. The van der Waals surface area contributed by atoms with Crippen molar-refractivity contribution in [3.63, 3.8) is 0 Å². The third kappa shape index (κ3) is 21.3. The van der Waals surface area contributed by atoms with Gasteiger partial charge in [-0.15, -0.1) is 0 Å². The van der Waals surface area contributed by atoms with Crippen LogP contribution in [0.5, 0.6) is 34.5 Å². The molecule has 1 aliphatic carbocycles. The summed E-state index contributed by atoms with van der Waals surface area (Å²) in [5.74, 6) is 2.15. The summed E-state index contributed by atoms with van der Waals surface area (Å²) < 4.78 is 37.5. The highest BCUT2D eigenvalue weighted by molar-refractivity contribution is 6.06. The van der Waals surface area contributed by atoms with E-state index in [-0.39, 0.29) is 54.7 Å². The Labute approximate surface area is 530 Å². The molecule has 1 aliphatic rings. The van der Waals surface area contributed by atoms with Crippen molar-refractivity contribution in [2.24, 2.45) is 0 Å². The number of hydrogen-bond acceptors (Lipinski definition) is 12. The fourth-order valence-corrected chi connectivity index (χ4v) is 10.7. The van der Waals surface area contributed by atoms with Gasteiger partial charge in [-0.05, 0) is 164 Å². The minimum absolute atomic E-state index is 0.211. The van der Waals surface area contributed by atoms with Crippen molar-refractivity contribution in [2.75, 3.05) is 96.6 Å². The van der Waals surface area contributed by atoms with Gasteiger partial charge >= 0.3 is 0 Å². The zero-order valence-electron chi connectivity index (χ0n) is 53.3. The molecule has 0 atom stereocenters. The molecule has 0 saturated carbocycles. The molecule has 0 radical (unpaired) electrons. The van der Waals surface area contributed by atoms with Crippen LogP contribution in [0.4, 0.5) is 17.1 Å². The minimum atomic E-state index is -0.292. The monoisotopic (exact) mass is 1230 g/mol.